The highest BCUT2D eigenvalue weighted by Crippen LogP contribution is 2.12. The maximum atomic E-state index is 12.2. The van der Waals surface area contributed by atoms with Crippen molar-refractivity contribution >= 4 is 27.3 Å². The van der Waals surface area contributed by atoms with Crippen molar-refractivity contribution < 1.29 is 17.9 Å². The van der Waals surface area contributed by atoms with Crippen LogP contribution in [0.2, 0.25) is 0 Å². The number of benzene rings is 1. The first-order valence-electron chi connectivity index (χ1n) is 8.70. The van der Waals surface area contributed by atoms with Gasteiger partial charge in [-0.15, -0.1) is 11.3 Å². The Morgan fingerprint density at radius 3 is 2.56 bits per heavy atom. The lowest BCUT2D eigenvalue weighted by Gasteiger charge is -2.08. The summed E-state index contributed by atoms with van der Waals surface area (Å²) >= 11 is 1.66. The molecule has 0 bridgehead atoms. The number of nitrogens with one attached hydrogen (secondary N) is 2. The molecule has 0 aliphatic rings. The lowest BCUT2D eigenvalue weighted by molar-refractivity contribution is 0.0953. The van der Waals surface area contributed by atoms with Gasteiger partial charge in [0.2, 0.25) is 10.0 Å². The average molecular weight is 412 g/mol. The van der Waals surface area contributed by atoms with E-state index in [0.717, 1.165) is 30.0 Å². The number of rotatable bonds is 11. The van der Waals surface area contributed by atoms with Crippen molar-refractivity contribution in [3.8, 4) is 0 Å². The van der Waals surface area contributed by atoms with Crippen LogP contribution < -0.4 is 10.0 Å². The summed E-state index contributed by atoms with van der Waals surface area (Å²) in [6, 6.07) is 5.88. The van der Waals surface area contributed by atoms with Gasteiger partial charge in [-0.3, -0.25) is 4.79 Å². The predicted molar refractivity (Wildman–Crippen MR) is 106 cm³/mol. The minimum atomic E-state index is -3.59. The first-order chi connectivity index (χ1) is 12.9. The number of unbranched alkanes of at least 4 members (excludes halogenated alkanes) is 1. The highest BCUT2D eigenvalue weighted by molar-refractivity contribution is 7.89. The summed E-state index contributed by atoms with van der Waals surface area (Å²) in [5.74, 6) is -0.212. The van der Waals surface area contributed by atoms with E-state index in [1.54, 1.807) is 11.3 Å². The molecule has 0 spiro atoms. The van der Waals surface area contributed by atoms with Crippen LogP contribution >= 0.6 is 11.3 Å². The zero-order valence-electron chi connectivity index (χ0n) is 15.5. The van der Waals surface area contributed by atoms with Gasteiger partial charge in [-0.2, -0.15) is 0 Å². The van der Waals surface area contributed by atoms with Crippen molar-refractivity contribution in [1.82, 2.24) is 15.0 Å². The molecule has 27 heavy (non-hydrogen) atoms. The Kier molecular flexibility index (Phi) is 8.36. The maximum Gasteiger partial charge on any atom is 0.251 e. The number of carbonyl (C=O) groups excluding carboxylic acids is 1. The van der Waals surface area contributed by atoms with Crippen molar-refractivity contribution in [2.75, 3.05) is 26.8 Å². The molecule has 1 aromatic carbocycles. The molecule has 0 saturated carbocycles. The van der Waals surface area contributed by atoms with E-state index < -0.39 is 10.0 Å². The molecule has 0 unspecified atom stereocenters. The SMILES string of the molecule is COCCNS(=O)(=O)c1ccc(C(=O)NCCCCc2nc(C)cs2)cc1. The van der Waals surface area contributed by atoms with Crippen LogP contribution in [0.15, 0.2) is 34.5 Å². The van der Waals surface area contributed by atoms with Gasteiger partial charge >= 0.3 is 0 Å². The lowest BCUT2D eigenvalue weighted by atomic mass is 10.2. The average Bonchev–Trinajstić information content (AvgIpc) is 3.06. The van der Waals surface area contributed by atoms with Crippen molar-refractivity contribution in [3.63, 3.8) is 0 Å². The molecule has 0 fully saturated rings. The van der Waals surface area contributed by atoms with E-state index in [1.165, 1.54) is 31.4 Å². The molecule has 2 N–H and O–H groups in total. The number of amides is 1. The summed E-state index contributed by atoms with van der Waals surface area (Å²) in [5, 5.41) is 6.01. The number of sulfonamides is 1. The van der Waals surface area contributed by atoms with Gasteiger partial charge in [0.15, 0.2) is 0 Å². The predicted octanol–water partition coefficient (Wildman–Crippen LogP) is 2.13. The second-order valence-corrected chi connectivity index (χ2v) is 8.72. The van der Waals surface area contributed by atoms with Crippen LogP contribution in [0.3, 0.4) is 0 Å². The molecule has 1 heterocycles. The Morgan fingerprint density at radius 1 is 1.19 bits per heavy atom. The van der Waals surface area contributed by atoms with Gasteiger partial charge in [0, 0.05) is 36.8 Å². The molecule has 7 nitrogen and oxygen atoms in total. The lowest BCUT2D eigenvalue weighted by Crippen LogP contribution is -2.27. The second-order valence-electron chi connectivity index (χ2n) is 6.01. The smallest absolute Gasteiger partial charge is 0.251 e. The van der Waals surface area contributed by atoms with E-state index in [2.05, 4.69) is 15.0 Å². The Hall–Kier alpha value is -1.81. The van der Waals surface area contributed by atoms with Crippen molar-refractivity contribution in [1.29, 1.82) is 0 Å². The Bertz CT molecular complexity index is 833. The van der Waals surface area contributed by atoms with Crippen molar-refractivity contribution in [2.45, 2.75) is 31.1 Å². The minimum Gasteiger partial charge on any atom is -0.383 e. The third-order valence-corrected chi connectivity index (χ3v) is 6.30. The Labute approximate surface area is 164 Å². The fraction of sp³-hybridized carbons (Fsp3) is 0.444. The van der Waals surface area contributed by atoms with Crippen LogP contribution in [0.5, 0.6) is 0 Å². The third-order valence-electron chi connectivity index (χ3n) is 3.79. The molecule has 1 amide bonds. The number of hydrogen-bond donors (Lipinski definition) is 2. The van der Waals surface area contributed by atoms with Crippen LogP contribution in [-0.2, 0) is 21.2 Å². The molecule has 148 valence electrons. The van der Waals surface area contributed by atoms with E-state index in [4.69, 9.17) is 4.74 Å². The summed E-state index contributed by atoms with van der Waals surface area (Å²) < 4.78 is 31.4. The number of methoxy groups -OCH3 is 1. The first-order valence-corrected chi connectivity index (χ1v) is 11.1. The van der Waals surface area contributed by atoms with E-state index in [0.29, 0.717) is 18.7 Å². The molecule has 0 radical (unpaired) electrons. The topological polar surface area (TPSA) is 97.4 Å². The largest absolute Gasteiger partial charge is 0.383 e. The molecule has 0 atom stereocenters. The number of thiazole rings is 1. The molecule has 1 aromatic heterocycles. The van der Waals surface area contributed by atoms with Gasteiger partial charge in [0.05, 0.1) is 16.5 Å². The number of ether oxygens (including phenoxy) is 1. The zero-order chi connectivity index (χ0) is 19.7. The normalized spacial score (nSPS) is 11.5. The molecular formula is C18H25N3O4S2. The zero-order valence-corrected chi connectivity index (χ0v) is 17.2. The minimum absolute atomic E-state index is 0.119. The molecule has 9 heteroatoms. The molecule has 0 aliphatic carbocycles. The van der Waals surface area contributed by atoms with Crippen LogP contribution in [0.25, 0.3) is 0 Å². The van der Waals surface area contributed by atoms with Gasteiger partial charge in [0.1, 0.15) is 0 Å². The maximum absolute atomic E-state index is 12.2. The third kappa shape index (κ3) is 7.02. The monoisotopic (exact) mass is 411 g/mol. The molecular weight excluding hydrogens is 386 g/mol. The van der Waals surface area contributed by atoms with Crippen molar-refractivity contribution in [2.24, 2.45) is 0 Å². The van der Waals surface area contributed by atoms with Crippen LogP contribution in [0.4, 0.5) is 0 Å². The second kappa shape index (κ2) is 10.5. The summed E-state index contributed by atoms with van der Waals surface area (Å²) in [7, 11) is -2.09. The standard InChI is InChI=1S/C18H25N3O4S2/c1-14-13-26-17(21-14)5-3-4-10-19-18(22)15-6-8-16(9-7-15)27(23,24)20-11-12-25-2/h6-9,13,20H,3-5,10-12H2,1-2H3,(H,19,22). The van der Waals surface area contributed by atoms with Gasteiger partial charge in [-0.05, 0) is 50.5 Å². The highest BCUT2D eigenvalue weighted by atomic mass is 32.2. The van der Waals surface area contributed by atoms with Gasteiger partial charge in [-0.25, -0.2) is 18.1 Å². The Morgan fingerprint density at radius 2 is 1.93 bits per heavy atom. The summed E-state index contributed by atoms with van der Waals surface area (Å²) in [4.78, 5) is 16.7. The number of hydrogen-bond acceptors (Lipinski definition) is 6. The van der Waals surface area contributed by atoms with Gasteiger partial charge < -0.3 is 10.1 Å². The van der Waals surface area contributed by atoms with Crippen LogP contribution in [-0.4, -0.2) is 46.1 Å². The first kappa shape index (κ1) is 21.5. The fourth-order valence-corrected chi connectivity index (χ4v) is 4.20. The van der Waals surface area contributed by atoms with Crippen molar-refractivity contribution in [3.05, 3.63) is 45.9 Å². The molecule has 0 saturated heterocycles. The Balaban J connectivity index is 1.76. The van der Waals surface area contributed by atoms with E-state index >= 15 is 0 Å². The van der Waals surface area contributed by atoms with E-state index in [1.807, 2.05) is 12.3 Å². The number of aromatic nitrogens is 1. The van der Waals surface area contributed by atoms with Gasteiger partial charge in [0.25, 0.3) is 5.91 Å². The van der Waals surface area contributed by atoms with E-state index in [-0.39, 0.29) is 17.3 Å². The molecule has 0 aliphatic heterocycles. The van der Waals surface area contributed by atoms with Crippen LogP contribution in [0, 0.1) is 6.92 Å². The number of aryl methyl sites for hydroxylation is 2. The summed E-state index contributed by atoms with van der Waals surface area (Å²) in [6.45, 7) is 3.04. The number of nitrogens with zero attached hydrogens (tertiary/aromatic N) is 1. The quantitative estimate of drug-likeness (QED) is 0.552. The number of carbonyl (C=O) groups is 1. The molecule has 2 aromatic rings. The summed E-state index contributed by atoms with van der Waals surface area (Å²) in [6.07, 6.45) is 2.73. The fourth-order valence-electron chi connectivity index (χ4n) is 2.37. The molecule has 2 rings (SSSR count). The van der Waals surface area contributed by atoms with Crippen LogP contribution in [0.1, 0.15) is 33.9 Å². The van der Waals surface area contributed by atoms with E-state index in [9.17, 15) is 13.2 Å². The summed E-state index contributed by atoms with van der Waals surface area (Å²) in [5.41, 5.74) is 1.48. The highest BCUT2D eigenvalue weighted by Gasteiger charge is 2.14. The van der Waals surface area contributed by atoms with Gasteiger partial charge in [-0.1, -0.05) is 0 Å².